The molecule has 0 aliphatic carbocycles. The van der Waals surface area contributed by atoms with Gasteiger partial charge in [-0.1, -0.05) is 6.07 Å². The van der Waals surface area contributed by atoms with E-state index < -0.39 is 0 Å². The van der Waals surface area contributed by atoms with E-state index in [-0.39, 0.29) is 0 Å². The van der Waals surface area contributed by atoms with Gasteiger partial charge in [0.15, 0.2) is 0 Å². The van der Waals surface area contributed by atoms with Gasteiger partial charge in [0.1, 0.15) is 5.75 Å². The van der Waals surface area contributed by atoms with E-state index in [1.54, 1.807) is 0 Å². The Morgan fingerprint density at radius 2 is 2.38 bits per heavy atom. The summed E-state index contributed by atoms with van der Waals surface area (Å²) in [7, 11) is 0. The first kappa shape index (κ1) is 11.3. The molecule has 2 N–H and O–H groups in total. The van der Waals surface area contributed by atoms with Crippen molar-refractivity contribution in [3.63, 3.8) is 0 Å². The lowest BCUT2D eigenvalue weighted by molar-refractivity contribution is 0.0902. The molecule has 1 unspecified atom stereocenters. The predicted octanol–water partition coefficient (Wildman–Crippen LogP) is 2.53. The number of ether oxygens (including phenoxy) is 2. The Kier molecular flexibility index (Phi) is 3.67. The maximum absolute atomic E-state index is 5.81. The monoisotopic (exact) mass is 221 g/mol. The topological polar surface area (TPSA) is 44.5 Å². The van der Waals surface area contributed by atoms with Gasteiger partial charge in [-0.25, -0.2) is 0 Å². The Balaban J connectivity index is 1.82. The molecule has 0 aromatic heterocycles. The molecule has 1 aromatic rings. The summed E-state index contributed by atoms with van der Waals surface area (Å²) in [6.45, 7) is 3.59. The molecule has 16 heavy (non-hydrogen) atoms. The van der Waals surface area contributed by atoms with Crippen molar-refractivity contribution >= 4 is 5.69 Å². The molecule has 2 rings (SSSR count). The lowest BCUT2D eigenvalue weighted by Gasteiger charge is -2.13. The quantitative estimate of drug-likeness (QED) is 0.794. The number of benzene rings is 1. The Bertz CT molecular complexity index is 346. The molecule has 1 fully saturated rings. The molecule has 1 atom stereocenters. The number of hydrogen-bond donors (Lipinski definition) is 1. The first-order chi connectivity index (χ1) is 7.77. The molecule has 1 aromatic carbocycles. The fourth-order valence-electron chi connectivity index (χ4n) is 1.96. The van der Waals surface area contributed by atoms with E-state index in [4.69, 9.17) is 15.2 Å². The van der Waals surface area contributed by atoms with Crippen molar-refractivity contribution in [2.24, 2.45) is 0 Å². The molecule has 1 aliphatic rings. The molecule has 0 amide bonds. The summed E-state index contributed by atoms with van der Waals surface area (Å²) in [6, 6.07) is 5.77. The lowest BCUT2D eigenvalue weighted by Crippen LogP contribution is -2.11. The molecule has 3 heteroatoms. The Labute approximate surface area is 96.5 Å². The van der Waals surface area contributed by atoms with Crippen LogP contribution in [0.1, 0.15) is 24.8 Å². The van der Waals surface area contributed by atoms with Gasteiger partial charge < -0.3 is 15.2 Å². The standard InChI is InChI=1S/C13H19NO2/c1-10-12(14)5-2-6-13(10)16-9-7-11-4-3-8-15-11/h2,5-6,11H,3-4,7-9,14H2,1H3. The van der Waals surface area contributed by atoms with E-state index in [2.05, 4.69) is 0 Å². The molecule has 0 radical (unpaired) electrons. The van der Waals surface area contributed by atoms with Crippen LogP contribution in [0.25, 0.3) is 0 Å². The average Bonchev–Trinajstić information content (AvgIpc) is 2.77. The van der Waals surface area contributed by atoms with Crippen molar-refractivity contribution in [1.82, 2.24) is 0 Å². The van der Waals surface area contributed by atoms with Crippen molar-refractivity contribution in [3.8, 4) is 5.75 Å². The Morgan fingerprint density at radius 3 is 3.12 bits per heavy atom. The van der Waals surface area contributed by atoms with Gasteiger partial charge in [0, 0.05) is 24.3 Å². The van der Waals surface area contributed by atoms with Crippen LogP contribution in [0.2, 0.25) is 0 Å². The van der Waals surface area contributed by atoms with Gasteiger partial charge in [-0.2, -0.15) is 0 Å². The predicted molar refractivity (Wildman–Crippen MR) is 64.7 cm³/mol. The zero-order chi connectivity index (χ0) is 11.4. The van der Waals surface area contributed by atoms with Crippen molar-refractivity contribution < 1.29 is 9.47 Å². The van der Waals surface area contributed by atoms with Crippen molar-refractivity contribution in [2.75, 3.05) is 18.9 Å². The number of nitrogen functional groups attached to an aromatic ring is 1. The molecule has 1 saturated heterocycles. The summed E-state index contributed by atoms with van der Waals surface area (Å²) >= 11 is 0. The third kappa shape index (κ3) is 2.67. The lowest BCUT2D eigenvalue weighted by atomic mass is 10.2. The Morgan fingerprint density at radius 1 is 1.50 bits per heavy atom. The largest absolute Gasteiger partial charge is 0.493 e. The van der Waals surface area contributed by atoms with Crippen LogP contribution in [0.4, 0.5) is 5.69 Å². The van der Waals surface area contributed by atoms with Crippen LogP contribution in [0.3, 0.4) is 0 Å². The highest BCUT2D eigenvalue weighted by Crippen LogP contribution is 2.23. The molecule has 0 saturated carbocycles. The summed E-state index contributed by atoms with van der Waals surface area (Å²) in [6.07, 6.45) is 3.71. The van der Waals surface area contributed by atoms with Gasteiger partial charge in [-0.05, 0) is 31.9 Å². The van der Waals surface area contributed by atoms with Gasteiger partial charge in [0.05, 0.1) is 12.7 Å². The zero-order valence-electron chi connectivity index (χ0n) is 9.74. The zero-order valence-corrected chi connectivity index (χ0v) is 9.74. The number of rotatable bonds is 4. The van der Waals surface area contributed by atoms with Gasteiger partial charge in [0.2, 0.25) is 0 Å². The summed E-state index contributed by atoms with van der Waals surface area (Å²) in [5.41, 5.74) is 7.62. The van der Waals surface area contributed by atoms with Crippen LogP contribution >= 0.6 is 0 Å². The summed E-state index contributed by atoms with van der Waals surface area (Å²) in [4.78, 5) is 0. The molecule has 0 bridgehead atoms. The van der Waals surface area contributed by atoms with E-state index in [1.165, 1.54) is 12.8 Å². The summed E-state index contributed by atoms with van der Waals surface area (Å²) in [5, 5.41) is 0. The van der Waals surface area contributed by atoms with E-state index >= 15 is 0 Å². The summed E-state index contributed by atoms with van der Waals surface area (Å²) < 4.78 is 11.3. The van der Waals surface area contributed by atoms with E-state index in [1.807, 2.05) is 25.1 Å². The van der Waals surface area contributed by atoms with Crippen LogP contribution in [-0.2, 0) is 4.74 Å². The molecule has 1 aliphatic heterocycles. The van der Waals surface area contributed by atoms with Crippen LogP contribution in [-0.4, -0.2) is 19.3 Å². The van der Waals surface area contributed by atoms with Crippen LogP contribution in [0.15, 0.2) is 18.2 Å². The van der Waals surface area contributed by atoms with Crippen molar-refractivity contribution in [1.29, 1.82) is 0 Å². The minimum Gasteiger partial charge on any atom is -0.493 e. The molecule has 1 heterocycles. The van der Waals surface area contributed by atoms with E-state index in [0.717, 1.165) is 30.0 Å². The van der Waals surface area contributed by atoms with Gasteiger partial charge in [-0.15, -0.1) is 0 Å². The first-order valence-electron chi connectivity index (χ1n) is 5.87. The third-order valence-corrected chi connectivity index (χ3v) is 3.05. The molecule has 3 nitrogen and oxygen atoms in total. The number of anilines is 1. The average molecular weight is 221 g/mol. The maximum Gasteiger partial charge on any atom is 0.124 e. The number of hydrogen-bond acceptors (Lipinski definition) is 3. The third-order valence-electron chi connectivity index (χ3n) is 3.05. The van der Waals surface area contributed by atoms with Crippen molar-refractivity contribution in [3.05, 3.63) is 23.8 Å². The minimum absolute atomic E-state index is 0.390. The van der Waals surface area contributed by atoms with Gasteiger partial charge in [0.25, 0.3) is 0 Å². The highest BCUT2D eigenvalue weighted by atomic mass is 16.5. The normalized spacial score (nSPS) is 19.9. The highest BCUT2D eigenvalue weighted by molar-refractivity contribution is 5.53. The van der Waals surface area contributed by atoms with Crippen LogP contribution in [0.5, 0.6) is 5.75 Å². The fourth-order valence-corrected chi connectivity index (χ4v) is 1.96. The van der Waals surface area contributed by atoms with Gasteiger partial charge in [-0.3, -0.25) is 0 Å². The SMILES string of the molecule is Cc1c(N)cccc1OCCC1CCCO1. The molecule has 0 spiro atoms. The van der Waals surface area contributed by atoms with Crippen LogP contribution < -0.4 is 10.5 Å². The minimum atomic E-state index is 0.390. The van der Waals surface area contributed by atoms with Gasteiger partial charge >= 0.3 is 0 Å². The number of nitrogens with two attached hydrogens (primary N) is 1. The smallest absolute Gasteiger partial charge is 0.124 e. The molecular formula is C13H19NO2. The van der Waals surface area contributed by atoms with E-state index in [9.17, 15) is 0 Å². The summed E-state index contributed by atoms with van der Waals surface area (Å²) in [5.74, 6) is 0.887. The highest BCUT2D eigenvalue weighted by Gasteiger charge is 2.15. The van der Waals surface area contributed by atoms with Crippen molar-refractivity contribution in [2.45, 2.75) is 32.3 Å². The second-order valence-corrected chi connectivity index (χ2v) is 4.24. The van der Waals surface area contributed by atoms with Crippen LogP contribution in [0, 0.1) is 6.92 Å². The van der Waals surface area contributed by atoms with E-state index in [0.29, 0.717) is 12.7 Å². The molecular weight excluding hydrogens is 202 g/mol. The second-order valence-electron chi connectivity index (χ2n) is 4.24. The second kappa shape index (κ2) is 5.21. The molecule has 88 valence electrons. The first-order valence-corrected chi connectivity index (χ1v) is 5.87. The fraction of sp³-hybridized carbons (Fsp3) is 0.538. The Hall–Kier alpha value is -1.22. The maximum atomic E-state index is 5.81.